The number of hydrogen-bond acceptors (Lipinski definition) is 0. The first-order valence-corrected chi connectivity index (χ1v) is 4.03. The highest BCUT2D eigenvalue weighted by atomic mass is 35.5. The molecule has 11 heavy (non-hydrogen) atoms. The molecule has 0 unspecified atom stereocenters. The fraction of sp³-hybridized carbons (Fsp3) is 0.200. The van der Waals surface area contributed by atoms with Crippen LogP contribution in [0.2, 0.25) is 0 Å². The molecule has 0 N–H and O–H groups in total. The maximum Gasteiger partial charge on any atom is 0.0218 e. The monoisotopic (exact) mass is 166 g/mol. The molecule has 1 aliphatic carbocycles. The number of halogens is 1. The van der Waals surface area contributed by atoms with Crippen LogP contribution in [0.4, 0.5) is 0 Å². The summed E-state index contributed by atoms with van der Waals surface area (Å²) in [5, 5.41) is 0.889. The quantitative estimate of drug-likeness (QED) is 0.551. The van der Waals surface area contributed by atoms with E-state index in [-0.39, 0.29) is 0 Å². The Balaban J connectivity index is 2.65. The highest BCUT2D eigenvalue weighted by molar-refractivity contribution is 6.29. The minimum absolute atomic E-state index is 0.845. The molecule has 0 nitrogen and oxygen atoms in total. The van der Waals surface area contributed by atoms with E-state index < -0.39 is 0 Å². The Morgan fingerprint density at radius 3 is 3.18 bits per heavy atom. The Morgan fingerprint density at radius 2 is 2.45 bits per heavy atom. The zero-order valence-electron chi connectivity index (χ0n) is 6.39. The van der Waals surface area contributed by atoms with Crippen molar-refractivity contribution >= 4 is 11.6 Å². The Kier molecular flexibility index (Phi) is 3.18. The molecular weight excluding hydrogens is 156 g/mol. The fourth-order valence-corrected chi connectivity index (χ4v) is 1.11. The molecule has 0 atom stereocenters. The van der Waals surface area contributed by atoms with Crippen molar-refractivity contribution in [2.75, 3.05) is 0 Å². The van der Waals surface area contributed by atoms with E-state index in [1.165, 1.54) is 5.57 Å². The van der Waals surface area contributed by atoms with Crippen LogP contribution >= 0.6 is 11.6 Å². The fourth-order valence-electron chi connectivity index (χ4n) is 0.959. The Labute approximate surface area is 72.6 Å². The minimum atomic E-state index is 0.845. The van der Waals surface area contributed by atoms with Crippen LogP contribution in [0.15, 0.2) is 47.6 Å². The van der Waals surface area contributed by atoms with Gasteiger partial charge in [0, 0.05) is 11.5 Å². The molecule has 0 aromatic heterocycles. The molecule has 0 saturated heterocycles. The first-order valence-electron chi connectivity index (χ1n) is 3.65. The van der Waals surface area contributed by atoms with Gasteiger partial charge in [0.1, 0.15) is 0 Å². The summed E-state index contributed by atoms with van der Waals surface area (Å²) in [7, 11) is 0. The van der Waals surface area contributed by atoms with Crippen molar-refractivity contribution < 1.29 is 0 Å². The standard InChI is InChI=1S/C10H11Cl/c1-2-4-9-5-3-6-10(11)8-7-9/h2-3,5-7H,1,4,8H2. The molecule has 0 aromatic rings. The zero-order chi connectivity index (χ0) is 8.10. The van der Waals surface area contributed by atoms with Gasteiger partial charge in [-0.05, 0) is 18.1 Å². The topological polar surface area (TPSA) is 0 Å². The first kappa shape index (κ1) is 8.35. The maximum absolute atomic E-state index is 5.83. The van der Waals surface area contributed by atoms with Crippen LogP contribution in [0.5, 0.6) is 0 Å². The second-order valence-corrected chi connectivity index (χ2v) is 2.93. The Morgan fingerprint density at radius 1 is 1.64 bits per heavy atom. The van der Waals surface area contributed by atoms with E-state index in [4.69, 9.17) is 11.6 Å². The summed E-state index contributed by atoms with van der Waals surface area (Å²) in [6, 6.07) is 0. The Hall–Kier alpha value is -0.750. The molecule has 0 amide bonds. The van der Waals surface area contributed by atoms with Gasteiger partial charge in [0.2, 0.25) is 0 Å². The van der Waals surface area contributed by atoms with E-state index in [1.54, 1.807) is 0 Å². The van der Waals surface area contributed by atoms with E-state index in [2.05, 4.69) is 18.7 Å². The van der Waals surface area contributed by atoms with Crippen LogP contribution in [-0.2, 0) is 0 Å². The van der Waals surface area contributed by atoms with Crippen LogP contribution in [0.3, 0.4) is 0 Å². The second kappa shape index (κ2) is 4.20. The van der Waals surface area contributed by atoms with Crippen molar-refractivity contribution in [2.24, 2.45) is 0 Å². The molecule has 0 aromatic carbocycles. The highest BCUT2D eigenvalue weighted by Crippen LogP contribution is 2.16. The van der Waals surface area contributed by atoms with Crippen LogP contribution in [-0.4, -0.2) is 0 Å². The normalized spacial score (nSPS) is 16.8. The van der Waals surface area contributed by atoms with Crippen LogP contribution in [0.1, 0.15) is 12.8 Å². The van der Waals surface area contributed by atoms with Gasteiger partial charge in [-0.1, -0.05) is 35.9 Å². The predicted molar refractivity (Wildman–Crippen MR) is 50.6 cm³/mol. The van der Waals surface area contributed by atoms with Gasteiger partial charge in [-0.3, -0.25) is 0 Å². The van der Waals surface area contributed by atoms with Gasteiger partial charge in [-0.2, -0.15) is 0 Å². The smallest absolute Gasteiger partial charge is 0.0218 e. The van der Waals surface area contributed by atoms with Gasteiger partial charge in [0.25, 0.3) is 0 Å². The second-order valence-electron chi connectivity index (χ2n) is 2.45. The molecule has 0 fully saturated rings. The molecular formula is C10H11Cl. The summed E-state index contributed by atoms with van der Waals surface area (Å²) in [6.07, 6.45) is 11.8. The van der Waals surface area contributed by atoms with Crippen LogP contribution in [0, 0.1) is 0 Å². The van der Waals surface area contributed by atoms with E-state index in [1.807, 2.05) is 18.2 Å². The van der Waals surface area contributed by atoms with Gasteiger partial charge in [-0.15, -0.1) is 6.58 Å². The van der Waals surface area contributed by atoms with Crippen LogP contribution in [0.25, 0.3) is 0 Å². The molecule has 0 bridgehead atoms. The third-order valence-electron chi connectivity index (χ3n) is 1.53. The summed E-state index contributed by atoms with van der Waals surface area (Å²) in [4.78, 5) is 0. The summed E-state index contributed by atoms with van der Waals surface area (Å²) >= 11 is 5.83. The molecule has 1 aliphatic rings. The van der Waals surface area contributed by atoms with Crippen molar-refractivity contribution in [1.29, 1.82) is 0 Å². The minimum Gasteiger partial charge on any atom is -0.103 e. The summed E-state index contributed by atoms with van der Waals surface area (Å²) < 4.78 is 0. The molecule has 0 spiro atoms. The molecule has 0 aliphatic heterocycles. The van der Waals surface area contributed by atoms with Crippen LogP contribution < -0.4 is 0 Å². The number of allylic oxidation sites excluding steroid dienone is 7. The lowest BCUT2D eigenvalue weighted by Crippen LogP contribution is -1.73. The van der Waals surface area contributed by atoms with Crippen molar-refractivity contribution in [3.63, 3.8) is 0 Å². The van der Waals surface area contributed by atoms with Gasteiger partial charge < -0.3 is 0 Å². The van der Waals surface area contributed by atoms with Crippen molar-refractivity contribution in [3.05, 3.63) is 47.6 Å². The first-order chi connectivity index (χ1) is 5.33. The van der Waals surface area contributed by atoms with Crippen molar-refractivity contribution in [2.45, 2.75) is 12.8 Å². The third kappa shape index (κ3) is 2.77. The van der Waals surface area contributed by atoms with Gasteiger partial charge >= 0.3 is 0 Å². The average molecular weight is 167 g/mol. The number of hydrogen-bond donors (Lipinski definition) is 0. The molecule has 1 heteroatoms. The zero-order valence-corrected chi connectivity index (χ0v) is 7.14. The van der Waals surface area contributed by atoms with Crippen molar-refractivity contribution in [3.8, 4) is 0 Å². The van der Waals surface area contributed by atoms with Crippen molar-refractivity contribution in [1.82, 2.24) is 0 Å². The average Bonchev–Trinajstić information content (AvgIpc) is 2.17. The molecule has 0 saturated carbocycles. The van der Waals surface area contributed by atoms with E-state index in [0.29, 0.717) is 0 Å². The molecule has 58 valence electrons. The molecule has 0 radical (unpaired) electrons. The maximum atomic E-state index is 5.83. The lowest BCUT2D eigenvalue weighted by molar-refractivity contribution is 1.23. The van der Waals surface area contributed by atoms with Gasteiger partial charge in [0.15, 0.2) is 0 Å². The summed E-state index contributed by atoms with van der Waals surface area (Å²) in [5.41, 5.74) is 1.28. The SMILES string of the molecule is C=CCC1=CCC(Cl)=CC=C1. The lowest BCUT2D eigenvalue weighted by Gasteiger charge is -1.93. The van der Waals surface area contributed by atoms with E-state index >= 15 is 0 Å². The largest absolute Gasteiger partial charge is 0.103 e. The predicted octanol–water partition coefficient (Wildman–Crippen LogP) is 3.57. The summed E-state index contributed by atoms with van der Waals surface area (Å²) in [5.74, 6) is 0. The number of rotatable bonds is 2. The lowest BCUT2D eigenvalue weighted by atomic mass is 10.1. The third-order valence-corrected chi connectivity index (χ3v) is 1.81. The van der Waals surface area contributed by atoms with Gasteiger partial charge in [0.05, 0.1) is 0 Å². The van der Waals surface area contributed by atoms with E-state index in [0.717, 1.165) is 17.9 Å². The molecule has 1 rings (SSSR count). The van der Waals surface area contributed by atoms with Gasteiger partial charge in [-0.25, -0.2) is 0 Å². The highest BCUT2D eigenvalue weighted by Gasteiger charge is 1.94. The van der Waals surface area contributed by atoms with E-state index in [9.17, 15) is 0 Å². The Bertz CT molecular complexity index is 231. The molecule has 0 heterocycles. The summed E-state index contributed by atoms with van der Waals surface area (Å²) in [6.45, 7) is 3.68.